The second-order valence-corrected chi connectivity index (χ2v) is 7.06. The average molecular weight is 286 g/mol. The van der Waals surface area contributed by atoms with Crippen LogP contribution in [0.15, 0.2) is 24.3 Å². The molecule has 0 amide bonds. The van der Waals surface area contributed by atoms with Gasteiger partial charge in [-0.05, 0) is 45.6 Å². The van der Waals surface area contributed by atoms with E-state index in [1.807, 2.05) is 11.3 Å². The van der Waals surface area contributed by atoms with Gasteiger partial charge in [0.25, 0.3) is 0 Å². The molecule has 106 valence electrons. The van der Waals surface area contributed by atoms with Crippen molar-refractivity contribution in [3.8, 4) is 0 Å². The number of nitrogens with zero attached hydrogens (tertiary/aromatic N) is 1. The lowest BCUT2D eigenvalue weighted by molar-refractivity contribution is 0.526. The summed E-state index contributed by atoms with van der Waals surface area (Å²) >= 11 is 1.90. The lowest BCUT2D eigenvalue weighted by Gasteiger charge is -2.20. The van der Waals surface area contributed by atoms with E-state index in [-0.39, 0.29) is 6.04 Å². The summed E-state index contributed by atoms with van der Waals surface area (Å²) in [6.07, 6.45) is 3.66. The van der Waals surface area contributed by atoms with Gasteiger partial charge in [-0.2, -0.15) is 0 Å². The molecule has 1 N–H and O–H groups in total. The number of benzene rings is 1. The van der Waals surface area contributed by atoms with Crippen LogP contribution in [-0.4, -0.2) is 11.0 Å². The number of rotatable bonds is 4. The fourth-order valence-electron chi connectivity index (χ4n) is 2.74. The first-order valence-electron chi connectivity index (χ1n) is 7.44. The standard InChI is InChI=1S/C17H22N2S/c1-11(2)18-16(13-9-7-12(3)8-10-13)17-19-14-5-4-6-15(14)20-17/h7-11,16,18H,4-6H2,1-3H3. The van der Waals surface area contributed by atoms with Crippen molar-refractivity contribution >= 4 is 11.3 Å². The first-order valence-corrected chi connectivity index (χ1v) is 8.26. The third-order valence-electron chi connectivity index (χ3n) is 3.77. The Kier molecular flexibility index (Phi) is 3.90. The van der Waals surface area contributed by atoms with E-state index >= 15 is 0 Å². The highest BCUT2D eigenvalue weighted by atomic mass is 32.1. The van der Waals surface area contributed by atoms with Crippen LogP contribution in [0.4, 0.5) is 0 Å². The Labute approximate surface area is 125 Å². The van der Waals surface area contributed by atoms with E-state index < -0.39 is 0 Å². The molecule has 0 aliphatic heterocycles. The van der Waals surface area contributed by atoms with Crippen LogP contribution in [0.1, 0.15) is 53.0 Å². The lowest BCUT2D eigenvalue weighted by atomic mass is 10.0. The van der Waals surface area contributed by atoms with Crippen LogP contribution >= 0.6 is 11.3 Å². The molecule has 0 saturated carbocycles. The summed E-state index contributed by atoms with van der Waals surface area (Å²) in [5.41, 5.74) is 3.96. The maximum absolute atomic E-state index is 4.90. The van der Waals surface area contributed by atoms with Gasteiger partial charge in [0.1, 0.15) is 5.01 Å². The van der Waals surface area contributed by atoms with Gasteiger partial charge in [0.2, 0.25) is 0 Å². The zero-order chi connectivity index (χ0) is 14.1. The van der Waals surface area contributed by atoms with E-state index in [1.54, 1.807) is 0 Å². The molecule has 1 heterocycles. The van der Waals surface area contributed by atoms with E-state index in [0.29, 0.717) is 6.04 Å². The molecule has 2 aromatic rings. The number of nitrogens with one attached hydrogen (secondary N) is 1. The van der Waals surface area contributed by atoms with Crippen molar-refractivity contribution in [3.05, 3.63) is 51.0 Å². The SMILES string of the molecule is Cc1ccc(C(NC(C)C)c2nc3c(s2)CCC3)cc1. The van der Waals surface area contributed by atoms with E-state index in [2.05, 4.69) is 50.4 Å². The number of thiazole rings is 1. The highest BCUT2D eigenvalue weighted by molar-refractivity contribution is 7.11. The van der Waals surface area contributed by atoms with Gasteiger partial charge in [-0.3, -0.25) is 0 Å². The average Bonchev–Trinajstić information content (AvgIpc) is 2.97. The quantitative estimate of drug-likeness (QED) is 0.918. The van der Waals surface area contributed by atoms with Gasteiger partial charge in [0.05, 0.1) is 11.7 Å². The van der Waals surface area contributed by atoms with Crippen molar-refractivity contribution in [2.75, 3.05) is 0 Å². The summed E-state index contributed by atoms with van der Waals surface area (Å²) in [7, 11) is 0. The minimum atomic E-state index is 0.228. The second-order valence-electron chi connectivity index (χ2n) is 5.94. The van der Waals surface area contributed by atoms with Crippen LogP contribution in [0, 0.1) is 6.92 Å². The van der Waals surface area contributed by atoms with Gasteiger partial charge >= 0.3 is 0 Å². The Morgan fingerprint density at radius 3 is 2.55 bits per heavy atom. The molecular weight excluding hydrogens is 264 g/mol. The topological polar surface area (TPSA) is 24.9 Å². The van der Waals surface area contributed by atoms with Gasteiger partial charge in [0, 0.05) is 10.9 Å². The normalized spacial score (nSPS) is 15.6. The molecule has 20 heavy (non-hydrogen) atoms. The Morgan fingerprint density at radius 1 is 1.15 bits per heavy atom. The van der Waals surface area contributed by atoms with E-state index in [4.69, 9.17) is 4.98 Å². The summed E-state index contributed by atoms with van der Waals surface area (Å²) in [6.45, 7) is 6.53. The van der Waals surface area contributed by atoms with E-state index in [1.165, 1.54) is 39.5 Å². The first-order chi connectivity index (χ1) is 9.63. The van der Waals surface area contributed by atoms with Crippen molar-refractivity contribution < 1.29 is 0 Å². The third-order valence-corrected chi connectivity index (χ3v) is 4.99. The van der Waals surface area contributed by atoms with Gasteiger partial charge in [-0.15, -0.1) is 11.3 Å². The van der Waals surface area contributed by atoms with Crippen LogP contribution < -0.4 is 5.32 Å². The maximum Gasteiger partial charge on any atom is 0.115 e. The molecule has 1 aromatic heterocycles. The fourth-order valence-corrected chi connectivity index (χ4v) is 3.98. The number of fused-ring (bicyclic) bond motifs is 1. The summed E-state index contributed by atoms with van der Waals surface area (Å²) in [5, 5.41) is 4.90. The Balaban J connectivity index is 1.94. The Bertz CT molecular complexity index is 562. The van der Waals surface area contributed by atoms with Crippen molar-refractivity contribution in [1.29, 1.82) is 0 Å². The van der Waals surface area contributed by atoms with E-state index in [0.717, 1.165) is 6.42 Å². The molecule has 0 spiro atoms. The lowest BCUT2D eigenvalue weighted by Crippen LogP contribution is -2.29. The maximum atomic E-state index is 4.90. The van der Waals surface area contributed by atoms with Crippen LogP contribution in [0.2, 0.25) is 0 Å². The molecule has 1 atom stereocenters. The molecule has 3 heteroatoms. The molecule has 0 saturated heterocycles. The van der Waals surface area contributed by atoms with Crippen molar-refractivity contribution in [1.82, 2.24) is 10.3 Å². The van der Waals surface area contributed by atoms with Crippen molar-refractivity contribution in [3.63, 3.8) is 0 Å². The molecule has 1 aliphatic carbocycles. The number of aromatic nitrogens is 1. The number of hydrogen-bond acceptors (Lipinski definition) is 3. The molecule has 0 bridgehead atoms. The zero-order valence-electron chi connectivity index (χ0n) is 12.4. The third kappa shape index (κ3) is 2.79. The summed E-state index contributed by atoms with van der Waals surface area (Å²) < 4.78 is 0. The van der Waals surface area contributed by atoms with Gasteiger partial charge in [-0.25, -0.2) is 4.98 Å². The minimum absolute atomic E-state index is 0.228. The summed E-state index contributed by atoms with van der Waals surface area (Å²) in [4.78, 5) is 6.40. The molecule has 1 aromatic carbocycles. The molecule has 1 unspecified atom stereocenters. The van der Waals surface area contributed by atoms with Gasteiger partial charge in [-0.1, -0.05) is 29.8 Å². The van der Waals surface area contributed by atoms with Gasteiger partial charge < -0.3 is 5.32 Å². The predicted molar refractivity (Wildman–Crippen MR) is 85.4 cm³/mol. The van der Waals surface area contributed by atoms with Crippen molar-refractivity contribution in [2.45, 2.75) is 52.1 Å². The smallest absolute Gasteiger partial charge is 0.115 e. The minimum Gasteiger partial charge on any atom is -0.302 e. The Hall–Kier alpha value is -1.19. The molecule has 3 rings (SSSR count). The number of hydrogen-bond donors (Lipinski definition) is 1. The predicted octanol–water partition coefficient (Wildman–Crippen LogP) is 4.03. The van der Waals surface area contributed by atoms with Crippen LogP contribution in [-0.2, 0) is 12.8 Å². The Morgan fingerprint density at radius 2 is 1.90 bits per heavy atom. The van der Waals surface area contributed by atoms with Crippen molar-refractivity contribution in [2.24, 2.45) is 0 Å². The summed E-state index contributed by atoms with van der Waals surface area (Å²) in [5.74, 6) is 0. The monoisotopic (exact) mass is 286 g/mol. The highest BCUT2D eigenvalue weighted by Gasteiger charge is 2.23. The van der Waals surface area contributed by atoms with Gasteiger partial charge in [0.15, 0.2) is 0 Å². The molecular formula is C17H22N2S. The number of aryl methyl sites for hydroxylation is 3. The van der Waals surface area contributed by atoms with Crippen LogP contribution in [0.3, 0.4) is 0 Å². The highest BCUT2D eigenvalue weighted by Crippen LogP contribution is 2.33. The largest absolute Gasteiger partial charge is 0.302 e. The molecule has 1 aliphatic rings. The first kappa shape index (κ1) is 13.8. The zero-order valence-corrected chi connectivity index (χ0v) is 13.3. The molecule has 0 fully saturated rings. The molecule has 0 radical (unpaired) electrons. The van der Waals surface area contributed by atoms with E-state index in [9.17, 15) is 0 Å². The second kappa shape index (κ2) is 5.66. The summed E-state index contributed by atoms with van der Waals surface area (Å²) in [6, 6.07) is 9.49. The molecule has 2 nitrogen and oxygen atoms in total. The van der Waals surface area contributed by atoms with Crippen LogP contribution in [0.5, 0.6) is 0 Å². The van der Waals surface area contributed by atoms with Crippen LogP contribution in [0.25, 0.3) is 0 Å². The fraction of sp³-hybridized carbons (Fsp3) is 0.471.